The molecule has 0 aliphatic carbocycles. The molecule has 6 heteroatoms. The molecule has 0 unspecified atom stereocenters. The molecule has 1 saturated heterocycles. The molecule has 0 radical (unpaired) electrons. The van der Waals surface area contributed by atoms with Crippen molar-refractivity contribution in [2.24, 2.45) is 0 Å². The normalized spacial score (nSPS) is 25.6. The standard InChI is InChI=1S/C24H30O6/c1-24(25,26)30-23-16-28-21-12-22(23)29-14-20-9-5-3-7-18(20)11-10-17-6-2-4-8-19(17)13-27-15-21/h2-9,21-23,25-26H,10-16H2,1H3/t21-,22-,23-/m0/s1. The highest BCUT2D eigenvalue weighted by atomic mass is 16.8. The van der Waals surface area contributed by atoms with Crippen molar-refractivity contribution in [3.8, 4) is 0 Å². The Morgan fingerprint density at radius 1 is 0.833 bits per heavy atom. The van der Waals surface area contributed by atoms with Crippen LogP contribution in [0.4, 0.5) is 0 Å². The summed E-state index contributed by atoms with van der Waals surface area (Å²) in [6.07, 6.45) is 1.38. The van der Waals surface area contributed by atoms with E-state index in [4.69, 9.17) is 18.9 Å². The lowest BCUT2D eigenvalue weighted by Gasteiger charge is -2.38. The molecule has 0 spiro atoms. The van der Waals surface area contributed by atoms with Gasteiger partial charge in [-0.1, -0.05) is 48.5 Å². The van der Waals surface area contributed by atoms with Gasteiger partial charge >= 0.3 is 0 Å². The topological polar surface area (TPSA) is 77.4 Å². The Morgan fingerprint density at radius 2 is 1.43 bits per heavy atom. The molecule has 0 aromatic heterocycles. The molecule has 2 aliphatic heterocycles. The number of aliphatic hydroxyl groups is 2. The number of ether oxygens (including phenoxy) is 4. The van der Waals surface area contributed by atoms with Crippen LogP contribution < -0.4 is 0 Å². The van der Waals surface area contributed by atoms with E-state index in [0.29, 0.717) is 26.2 Å². The lowest BCUT2D eigenvalue weighted by Crippen LogP contribution is -2.49. The molecule has 30 heavy (non-hydrogen) atoms. The summed E-state index contributed by atoms with van der Waals surface area (Å²) in [6.45, 7) is 2.83. The summed E-state index contributed by atoms with van der Waals surface area (Å²) in [4.78, 5) is 0. The van der Waals surface area contributed by atoms with Crippen molar-refractivity contribution in [1.82, 2.24) is 0 Å². The third-order valence-corrected chi connectivity index (χ3v) is 5.70. The average molecular weight is 414 g/mol. The fourth-order valence-corrected chi connectivity index (χ4v) is 4.16. The van der Waals surface area contributed by atoms with E-state index in [1.807, 2.05) is 12.1 Å². The van der Waals surface area contributed by atoms with Crippen molar-refractivity contribution in [2.45, 2.75) is 63.7 Å². The second kappa shape index (κ2) is 9.56. The maximum absolute atomic E-state index is 9.69. The number of hydrogen-bond donors (Lipinski definition) is 2. The molecule has 2 bridgehead atoms. The van der Waals surface area contributed by atoms with Crippen LogP contribution >= 0.6 is 0 Å². The van der Waals surface area contributed by atoms with Crippen LogP contribution in [0.3, 0.4) is 0 Å². The summed E-state index contributed by atoms with van der Waals surface area (Å²) < 4.78 is 23.5. The maximum atomic E-state index is 9.69. The Morgan fingerprint density at radius 3 is 2.07 bits per heavy atom. The first kappa shape index (κ1) is 21.4. The molecule has 162 valence electrons. The number of hydrogen-bond acceptors (Lipinski definition) is 6. The molecule has 4 rings (SSSR count). The molecule has 2 N–H and O–H groups in total. The molecular weight excluding hydrogens is 384 g/mol. The molecule has 0 saturated carbocycles. The number of benzene rings is 2. The summed E-state index contributed by atoms with van der Waals surface area (Å²) in [5.74, 6) is -2.23. The summed E-state index contributed by atoms with van der Waals surface area (Å²) in [5, 5.41) is 19.4. The van der Waals surface area contributed by atoms with Gasteiger partial charge in [0.15, 0.2) is 0 Å². The van der Waals surface area contributed by atoms with Crippen molar-refractivity contribution in [3.05, 3.63) is 70.8 Å². The maximum Gasteiger partial charge on any atom is 0.275 e. The first-order valence-corrected chi connectivity index (χ1v) is 10.5. The van der Waals surface area contributed by atoms with Crippen molar-refractivity contribution < 1.29 is 29.2 Å². The van der Waals surface area contributed by atoms with Crippen molar-refractivity contribution in [2.75, 3.05) is 13.2 Å². The number of fused-ring (bicyclic) bond motifs is 4. The first-order valence-electron chi connectivity index (χ1n) is 10.5. The molecule has 3 atom stereocenters. The summed E-state index contributed by atoms with van der Waals surface area (Å²) in [5.41, 5.74) is 4.89. The van der Waals surface area contributed by atoms with Gasteiger partial charge in [0.1, 0.15) is 6.10 Å². The lowest BCUT2D eigenvalue weighted by molar-refractivity contribution is -0.363. The SMILES string of the molecule is CC(O)(O)O[C@H]1CO[C@@H]2COCc3ccccc3CCc3ccccc3CO[C@H]1C2. The van der Waals surface area contributed by atoms with Crippen LogP contribution in [0.15, 0.2) is 48.5 Å². The predicted molar refractivity (Wildman–Crippen MR) is 111 cm³/mol. The average Bonchev–Trinajstić information content (AvgIpc) is 2.72. The summed E-state index contributed by atoms with van der Waals surface area (Å²) >= 11 is 0. The second-order valence-electron chi connectivity index (χ2n) is 8.18. The van der Waals surface area contributed by atoms with Crippen molar-refractivity contribution >= 4 is 0 Å². The molecule has 0 amide bonds. The molecule has 1 fully saturated rings. The molecule has 2 heterocycles. The third-order valence-electron chi connectivity index (χ3n) is 5.70. The molecule has 2 aromatic carbocycles. The van der Waals surface area contributed by atoms with Gasteiger partial charge in [-0.15, -0.1) is 0 Å². The van der Waals surface area contributed by atoms with Gasteiger partial charge in [0.25, 0.3) is 5.97 Å². The van der Waals surface area contributed by atoms with E-state index in [1.165, 1.54) is 23.6 Å². The van der Waals surface area contributed by atoms with Gasteiger partial charge < -0.3 is 29.2 Å². The van der Waals surface area contributed by atoms with Crippen LogP contribution in [-0.2, 0) is 45.0 Å². The van der Waals surface area contributed by atoms with Crippen LogP contribution in [0.2, 0.25) is 0 Å². The van der Waals surface area contributed by atoms with Crippen molar-refractivity contribution in [3.63, 3.8) is 0 Å². The van der Waals surface area contributed by atoms with E-state index in [0.717, 1.165) is 18.4 Å². The van der Waals surface area contributed by atoms with Crippen LogP contribution in [0.1, 0.15) is 35.6 Å². The quantitative estimate of drug-likeness (QED) is 0.736. The van der Waals surface area contributed by atoms with E-state index in [-0.39, 0.29) is 18.8 Å². The highest BCUT2D eigenvalue weighted by Gasteiger charge is 2.37. The zero-order valence-corrected chi connectivity index (χ0v) is 17.3. The second-order valence-corrected chi connectivity index (χ2v) is 8.18. The summed E-state index contributed by atoms with van der Waals surface area (Å²) in [6, 6.07) is 16.7. The zero-order chi connectivity index (χ0) is 21.0. The fourth-order valence-electron chi connectivity index (χ4n) is 4.16. The molecular formula is C24H30O6. The van der Waals surface area contributed by atoms with Crippen LogP contribution in [0.5, 0.6) is 0 Å². The highest BCUT2D eigenvalue weighted by molar-refractivity contribution is 5.31. The minimum Gasteiger partial charge on any atom is -0.374 e. The van der Waals surface area contributed by atoms with E-state index >= 15 is 0 Å². The largest absolute Gasteiger partial charge is 0.374 e. The molecule has 6 nitrogen and oxygen atoms in total. The zero-order valence-electron chi connectivity index (χ0n) is 17.3. The lowest BCUT2D eigenvalue weighted by atomic mass is 9.97. The van der Waals surface area contributed by atoms with Gasteiger partial charge in [-0.2, -0.15) is 0 Å². The Balaban J connectivity index is 1.57. The Bertz CT molecular complexity index is 830. The van der Waals surface area contributed by atoms with Crippen LogP contribution in [0.25, 0.3) is 0 Å². The number of aryl methyl sites for hydroxylation is 2. The fraction of sp³-hybridized carbons (Fsp3) is 0.500. The van der Waals surface area contributed by atoms with E-state index < -0.39 is 12.1 Å². The van der Waals surface area contributed by atoms with Gasteiger partial charge in [-0.3, -0.25) is 0 Å². The smallest absolute Gasteiger partial charge is 0.275 e. The van der Waals surface area contributed by atoms with E-state index in [9.17, 15) is 10.2 Å². The van der Waals surface area contributed by atoms with Gasteiger partial charge in [0.2, 0.25) is 0 Å². The molecule has 2 aliphatic rings. The Hall–Kier alpha value is -1.80. The van der Waals surface area contributed by atoms with Gasteiger partial charge in [0, 0.05) is 13.3 Å². The van der Waals surface area contributed by atoms with Gasteiger partial charge in [-0.05, 0) is 35.1 Å². The molecule has 2 aromatic rings. The summed E-state index contributed by atoms with van der Waals surface area (Å²) in [7, 11) is 0. The third kappa shape index (κ3) is 5.66. The minimum absolute atomic E-state index is 0.135. The van der Waals surface area contributed by atoms with E-state index in [1.54, 1.807) is 0 Å². The van der Waals surface area contributed by atoms with Gasteiger partial charge in [-0.25, -0.2) is 0 Å². The first-order chi connectivity index (χ1) is 14.5. The van der Waals surface area contributed by atoms with E-state index in [2.05, 4.69) is 36.4 Å². The Kier molecular flexibility index (Phi) is 6.83. The predicted octanol–water partition coefficient (Wildman–Crippen LogP) is 2.72. The minimum atomic E-state index is -2.23. The van der Waals surface area contributed by atoms with Crippen LogP contribution in [-0.4, -0.2) is 47.7 Å². The van der Waals surface area contributed by atoms with Crippen LogP contribution in [0, 0.1) is 0 Å². The number of rotatable bonds is 2. The monoisotopic (exact) mass is 414 g/mol. The Labute approximate surface area is 177 Å². The highest BCUT2D eigenvalue weighted by Crippen LogP contribution is 2.26. The van der Waals surface area contributed by atoms with Crippen molar-refractivity contribution in [1.29, 1.82) is 0 Å². The van der Waals surface area contributed by atoms with Gasteiger partial charge in [0.05, 0.1) is 38.6 Å².